The van der Waals surface area contributed by atoms with Gasteiger partial charge in [-0.25, -0.2) is 28.1 Å². The van der Waals surface area contributed by atoms with E-state index in [9.17, 15) is 54.7 Å². The third-order valence-corrected chi connectivity index (χ3v) is 10.5. The number of rotatable bonds is 20. The molecule has 0 spiro atoms. The summed E-state index contributed by atoms with van der Waals surface area (Å²) in [5.74, 6) is -5.27. The minimum atomic E-state index is -4.64. The summed E-state index contributed by atoms with van der Waals surface area (Å²) < 4.78 is 113. The Morgan fingerprint density at radius 2 is 1.19 bits per heavy atom. The van der Waals surface area contributed by atoms with Crippen LogP contribution in [0.15, 0.2) is 165 Å². The second-order valence-electron chi connectivity index (χ2n) is 16.7. The summed E-state index contributed by atoms with van der Waals surface area (Å²) in [6.07, 6.45) is 2.84. The van der Waals surface area contributed by atoms with Crippen molar-refractivity contribution in [3.63, 3.8) is 0 Å². The molecule has 0 unspecified atom stereocenters. The fourth-order valence-corrected chi connectivity index (χ4v) is 6.27. The van der Waals surface area contributed by atoms with E-state index in [-0.39, 0.29) is 84.2 Å². The molecule has 3 aliphatic rings. The average molecular weight is 1330 g/mol. The minimum absolute atomic E-state index is 0. The maximum atomic E-state index is 13.2. The molecule has 3 heterocycles. The van der Waals surface area contributed by atoms with Crippen LogP contribution in [0.4, 0.5) is 30.7 Å². The van der Waals surface area contributed by atoms with Gasteiger partial charge in [-0.2, -0.15) is 18.7 Å². The van der Waals surface area contributed by atoms with Crippen molar-refractivity contribution in [1.29, 1.82) is 0 Å². The normalized spacial score (nSPS) is 12.4. The highest BCUT2D eigenvalue weighted by atomic mass is 19.4. The molecule has 3 aliphatic heterocycles. The molecule has 0 radical (unpaired) electrons. The first-order chi connectivity index (χ1) is 41.5. The van der Waals surface area contributed by atoms with E-state index in [1.807, 2.05) is 5.48 Å². The summed E-state index contributed by atoms with van der Waals surface area (Å²) in [7, 11) is 7.54. The van der Waals surface area contributed by atoms with Gasteiger partial charge in [0.2, 0.25) is 12.0 Å². The van der Waals surface area contributed by atoms with Gasteiger partial charge in [0.1, 0.15) is 11.5 Å². The summed E-state index contributed by atoms with van der Waals surface area (Å²) >= 11 is 0. The number of halogens is 7. The summed E-state index contributed by atoms with van der Waals surface area (Å²) in [5, 5.41) is 1.38. The molecule has 0 bridgehead atoms. The molecule has 28 heteroatoms. The van der Waals surface area contributed by atoms with Crippen LogP contribution in [0.5, 0.6) is 28.7 Å². The minimum Gasteiger partial charge on any atom is -0.497 e. The van der Waals surface area contributed by atoms with Crippen molar-refractivity contribution in [2.24, 2.45) is 0 Å². The van der Waals surface area contributed by atoms with E-state index in [0.717, 1.165) is 52.8 Å². The molecule has 0 saturated carbocycles. The van der Waals surface area contributed by atoms with Crippen LogP contribution >= 0.6 is 0 Å². The van der Waals surface area contributed by atoms with Gasteiger partial charge in [-0.1, -0.05) is 118 Å². The Hall–Kier alpha value is -9.61. The van der Waals surface area contributed by atoms with E-state index < -0.39 is 65.3 Å². The van der Waals surface area contributed by atoms with Crippen LogP contribution in [0.1, 0.15) is 72.4 Å². The number of aryl methyl sites for hydroxylation is 1. The van der Waals surface area contributed by atoms with Gasteiger partial charge in [-0.05, 0) is 89.9 Å². The quantitative estimate of drug-likeness (QED) is 0.0122. The molecule has 0 aliphatic carbocycles. The van der Waals surface area contributed by atoms with E-state index in [4.69, 9.17) is 47.7 Å². The number of methoxy groups -OCH3 is 5. The molecule has 4 aromatic carbocycles. The van der Waals surface area contributed by atoms with Crippen molar-refractivity contribution < 1.29 is 107 Å². The van der Waals surface area contributed by atoms with Gasteiger partial charge in [0, 0.05) is 19.2 Å². The molecule has 7 rings (SSSR count). The zero-order valence-electron chi connectivity index (χ0n) is 48.0. The predicted molar refractivity (Wildman–Crippen MR) is 341 cm³/mol. The van der Waals surface area contributed by atoms with E-state index >= 15 is 0 Å². The van der Waals surface area contributed by atoms with Crippen LogP contribution in [0, 0.1) is 6.92 Å². The topological polar surface area (TPSA) is 228 Å². The van der Waals surface area contributed by atoms with E-state index in [1.54, 1.807) is 81.0 Å². The predicted octanol–water partition coefficient (Wildman–Crippen LogP) is 13.0. The molecule has 0 atom stereocenters. The smallest absolute Gasteiger partial charge is 0.446 e. The van der Waals surface area contributed by atoms with Crippen molar-refractivity contribution in [2.75, 3.05) is 68.7 Å². The van der Waals surface area contributed by atoms with Crippen LogP contribution in [0.2, 0.25) is 0 Å². The number of nitrogens with one attached hydrogen (secondary N) is 2. The van der Waals surface area contributed by atoms with Crippen molar-refractivity contribution in [2.45, 2.75) is 77.3 Å². The van der Waals surface area contributed by atoms with Crippen LogP contribution < -0.4 is 34.6 Å². The van der Waals surface area contributed by atoms with E-state index in [2.05, 4.69) is 61.2 Å². The van der Waals surface area contributed by atoms with E-state index in [1.165, 1.54) is 49.7 Å². The van der Waals surface area contributed by atoms with Gasteiger partial charge in [-0.3, -0.25) is 53.0 Å². The molecule has 2 N–H and O–H groups in total. The van der Waals surface area contributed by atoms with Gasteiger partial charge in [0.25, 0.3) is 11.8 Å². The molecular weight excluding hydrogens is 1240 g/mol. The monoisotopic (exact) mass is 1330 g/mol. The zero-order chi connectivity index (χ0) is 64.9. The molecule has 93 heavy (non-hydrogen) atoms. The second-order valence-corrected chi connectivity index (χ2v) is 16.7. The lowest BCUT2D eigenvalue weighted by molar-refractivity contribution is -0.189. The first-order valence-corrected chi connectivity index (χ1v) is 25.1. The van der Waals surface area contributed by atoms with Gasteiger partial charge >= 0.3 is 23.9 Å². The molecule has 21 nitrogen and oxygen atoms in total. The number of carbonyl (C=O) groups is 6. The van der Waals surface area contributed by atoms with E-state index in [0.29, 0.717) is 40.2 Å². The number of alkyl halides is 3. The fourth-order valence-electron chi connectivity index (χ4n) is 6.27. The Kier molecular flexibility index (Phi) is 49.6. The molecule has 518 valence electrons. The zero-order valence-corrected chi connectivity index (χ0v) is 48.0. The summed E-state index contributed by atoms with van der Waals surface area (Å²) in [4.78, 5) is 85.7. The molecule has 5 amide bonds. The lowest BCUT2D eigenvalue weighted by atomic mass is 10.1. The Bertz CT molecular complexity index is 3010. The molecule has 0 saturated heterocycles. The van der Waals surface area contributed by atoms with Crippen LogP contribution in [-0.4, -0.2) is 126 Å². The van der Waals surface area contributed by atoms with Crippen LogP contribution in [0.25, 0.3) is 6.08 Å². The highest BCUT2D eigenvalue weighted by molar-refractivity contribution is 6.07. The fraction of sp³-hybridized carbons (Fsp3) is 0.323. The lowest BCUT2D eigenvalue weighted by Gasteiger charge is -2.23. The maximum Gasteiger partial charge on any atom is 0.446 e. The number of benzene rings is 4. The van der Waals surface area contributed by atoms with Gasteiger partial charge < -0.3 is 28.4 Å². The lowest BCUT2D eigenvalue weighted by Crippen LogP contribution is -2.38. The number of nitrogens with zero attached hydrogens (tertiary/aromatic N) is 3. The van der Waals surface area contributed by atoms with Gasteiger partial charge in [0.15, 0.2) is 41.5 Å². The SMILES string of the molecule is C.C.C.C.C.C.C=CCONCc1ccc(C)cc1.C=COCN(Cc1ccc(OC)cc1)C(=O)C(=C)F.COc1cc(/C=C/C(=O)N2OCC=C(F)C2=O)cc(OC)c1OC.COc1ccc(CN2OCC=C(F)C2=O)cc1.O=C1NOCC=C1F.O=CC(F)(F)F. The second kappa shape index (κ2) is 50.1. The highest BCUT2D eigenvalue weighted by Gasteiger charge is 2.28. The number of hydroxylamine groups is 6. The summed E-state index contributed by atoms with van der Waals surface area (Å²) in [6, 6.07) is 25.8. The van der Waals surface area contributed by atoms with Crippen LogP contribution in [0.3, 0.4) is 0 Å². The average Bonchev–Trinajstić information content (AvgIpc) is 0.900. The molecule has 0 fully saturated rings. The number of hydrogen-bond acceptors (Lipinski definition) is 17. The number of imide groups is 1. The first kappa shape index (κ1) is 92.1. The van der Waals surface area contributed by atoms with Crippen molar-refractivity contribution >= 4 is 41.9 Å². The Morgan fingerprint density at radius 1 is 0.699 bits per heavy atom. The van der Waals surface area contributed by atoms with Crippen molar-refractivity contribution in [1.82, 2.24) is 26.0 Å². The Morgan fingerprint density at radius 3 is 1.63 bits per heavy atom. The summed E-state index contributed by atoms with van der Waals surface area (Å²) in [5.41, 5.74) is 9.41. The third-order valence-electron chi connectivity index (χ3n) is 10.5. The number of hydrogen-bond donors (Lipinski definition) is 2. The molecular formula is C65H88F7N5O16. The third kappa shape index (κ3) is 35.0. The van der Waals surface area contributed by atoms with Crippen molar-refractivity contribution in [3.8, 4) is 28.7 Å². The standard InChI is InChI=1S/C16H16FNO6.C14H16FNO3.C12H12FNO3.C11H15NO.C4H4FNO2.C2HF3O.6CH4/c1-21-12-8-10(9-13(22-2)15(12)23-3)4-5-14(19)18-16(20)11(17)6-7-24-18;1-4-19-10-16(14(17)11(2)15)9-12-5-7-13(18-3)8-6-12;1-16-10-4-2-9(3-5-10)8-14-12(15)11(13)6-7-17-14;1-3-8-13-12-9-11-6-4-10(2)5-7-11;5-3-1-2-8-6-4(3)7;3-2(4,5)1-6;;;;;;/h4-6,8-9H,7H2,1-3H3;4-8H,1-2,9-10H2,3H3;2-6H,7-8H2,1H3;3-7,12H,1,8-9H2,2H3;1H,2H2,(H,6,7);1H;6*1H4/b5-4+;;;;;;;;;;;. The molecule has 0 aromatic heterocycles. The largest absolute Gasteiger partial charge is 0.497 e. The van der Waals surface area contributed by atoms with Gasteiger partial charge in [0.05, 0.1) is 74.8 Å². The van der Waals surface area contributed by atoms with Gasteiger partial charge in [-0.15, -0.1) is 11.6 Å². The highest BCUT2D eigenvalue weighted by Crippen LogP contribution is 2.38. The van der Waals surface area contributed by atoms with Crippen molar-refractivity contribution in [3.05, 3.63) is 192 Å². The maximum absolute atomic E-state index is 13.2. The van der Waals surface area contributed by atoms with Crippen LogP contribution in [-0.2, 0) is 72.5 Å². The number of amides is 5. The number of carbonyl (C=O) groups excluding carboxylic acids is 6. The Labute approximate surface area is 540 Å². The number of aldehydes is 1. The number of ether oxygens (including phenoxy) is 6. The summed E-state index contributed by atoms with van der Waals surface area (Å²) in [6.45, 7) is 13.6. The Balaban J connectivity index is -0.000000343. The first-order valence-electron chi connectivity index (χ1n) is 25.1. The molecule has 4 aromatic rings.